The molecule has 1 aromatic heterocycles. The van der Waals surface area contributed by atoms with Crippen molar-refractivity contribution in [1.29, 1.82) is 0 Å². The standard InChI is InChI=1S/C20H21NO6/c1-14(20(23)21-13-16-4-2-9-24-16)27-19(22)8-6-15-5-7-17-18(12-15)26-11-3-10-25-17/h2,4-9,12,14H,3,10-11,13H2,1H3,(H,21,23)/b8-6+/t14-/m0/s1. The number of rotatable bonds is 6. The Kier molecular flexibility index (Phi) is 6.14. The lowest BCUT2D eigenvalue weighted by Crippen LogP contribution is -2.35. The molecule has 142 valence electrons. The van der Waals surface area contributed by atoms with Crippen LogP contribution in [-0.4, -0.2) is 31.2 Å². The van der Waals surface area contributed by atoms with Gasteiger partial charge < -0.3 is 23.9 Å². The maximum absolute atomic E-state index is 12.0. The number of fused-ring (bicyclic) bond motifs is 1. The number of hydrogen-bond acceptors (Lipinski definition) is 6. The summed E-state index contributed by atoms with van der Waals surface area (Å²) >= 11 is 0. The number of furan rings is 1. The maximum atomic E-state index is 12.0. The van der Waals surface area contributed by atoms with Gasteiger partial charge in [-0.05, 0) is 42.8 Å². The predicted octanol–water partition coefficient (Wildman–Crippen LogP) is 2.70. The van der Waals surface area contributed by atoms with E-state index in [1.807, 2.05) is 6.07 Å². The zero-order valence-electron chi connectivity index (χ0n) is 15.0. The topological polar surface area (TPSA) is 87.0 Å². The van der Waals surface area contributed by atoms with E-state index in [1.54, 1.807) is 30.3 Å². The van der Waals surface area contributed by atoms with Gasteiger partial charge in [0.15, 0.2) is 17.6 Å². The molecule has 0 saturated carbocycles. The Bertz CT molecular complexity index is 812. The molecule has 0 radical (unpaired) electrons. The predicted molar refractivity (Wildman–Crippen MR) is 97.2 cm³/mol. The monoisotopic (exact) mass is 371 g/mol. The number of esters is 1. The number of amides is 1. The van der Waals surface area contributed by atoms with Crippen molar-refractivity contribution in [3.8, 4) is 11.5 Å². The Morgan fingerprint density at radius 3 is 2.81 bits per heavy atom. The number of hydrogen-bond donors (Lipinski definition) is 1. The van der Waals surface area contributed by atoms with E-state index in [-0.39, 0.29) is 6.54 Å². The highest BCUT2D eigenvalue weighted by atomic mass is 16.5. The zero-order chi connectivity index (χ0) is 19.1. The van der Waals surface area contributed by atoms with E-state index in [1.165, 1.54) is 19.3 Å². The van der Waals surface area contributed by atoms with Crippen LogP contribution < -0.4 is 14.8 Å². The van der Waals surface area contributed by atoms with E-state index in [4.69, 9.17) is 18.6 Å². The third kappa shape index (κ3) is 5.37. The van der Waals surface area contributed by atoms with Gasteiger partial charge in [-0.3, -0.25) is 4.79 Å². The third-order valence-corrected chi connectivity index (χ3v) is 3.86. The highest BCUT2D eigenvalue weighted by molar-refractivity contribution is 5.90. The fourth-order valence-corrected chi connectivity index (χ4v) is 2.45. The van der Waals surface area contributed by atoms with Crippen LogP contribution in [0.25, 0.3) is 6.08 Å². The molecule has 0 fully saturated rings. The van der Waals surface area contributed by atoms with Gasteiger partial charge in [-0.15, -0.1) is 0 Å². The van der Waals surface area contributed by atoms with Crippen molar-refractivity contribution in [2.45, 2.75) is 26.0 Å². The Hall–Kier alpha value is -3.22. The molecular formula is C20H21NO6. The summed E-state index contributed by atoms with van der Waals surface area (Å²) in [7, 11) is 0. The summed E-state index contributed by atoms with van der Waals surface area (Å²) < 4.78 is 21.4. The average Bonchev–Trinajstić information content (AvgIpc) is 3.08. The summed E-state index contributed by atoms with van der Waals surface area (Å²) in [6.07, 6.45) is 4.31. The lowest BCUT2D eigenvalue weighted by atomic mass is 10.2. The lowest BCUT2D eigenvalue weighted by Gasteiger charge is -2.11. The molecule has 0 bridgehead atoms. The van der Waals surface area contributed by atoms with Crippen LogP contribution in [0.4, 0.5) is 0 Å². The molecule has 1 aliphatic rings. The second-order valence-electron chi connectivity index (χ2n) is 5.97. The molecule has 2 aromatic rings. The quantitative estimate of drug-likeness (QED) is 0.621. The van der Waals surface area contributed by atoms with Crippen LogP contribution in [0.1, 0.15) is 24.7 Å². The molecule has 1 aromatic carbocycles. The van der Waals surface area contributed by atoms with Crippen molar-refractivity contribution in [2.24, 2.45) is 0 Å². The fraction of sp³-hybridized carbons (Fsp3) is 0.300. The maximum Gasteiger partial charge on any atom is 0.331 e. The first-order valence-corrected chi connectivity index (χ1v) is 8.70. The molecule has 27 heavy (non-hydrogen) atoms. The average molecular weight is 371 g/mol. The van der Waals surface area contributed by atoms with Gasteiger partial charge >= 0.3 is 5.97 Å². The van der Waals surface area contributed by atoms with E-state index < -0.39 is 18.0 Å². The number of carbonyl (C=O) groups is 2. The minimum Gasteiger partial charge on any atom is -0.490 e. The van der Waals surface area contributed by atoms with E-state index in [0.717, 1.165) is 12.0 Å². The van der Waals surface area contributed by atoms with Crippen molar-refractivity contribution in [3.63, 3.8) is 0 Å². The summed E-state index contributed by atoms with van der Waals surface area (Å²) in [5, 5.41) is 2.64. The van der Waals surface area contributed by atoms with Crippen LogP contribution >= 0.6 is 0 Å². The largest absolute Gasteiger partial charge is 0.490 e. The third-order valence-electron chi connectivity index (χ3n) is 3.86. The molecule has 0 spiro atoms. The Labute approximate surface area is 156 Å². The first kappa shape index (κ1) is 18.6. The second-order valence-corrected chi connectivity index (χ2v) is 5.97. The van der Waals surface area contributed by atoms with Crippen molar-refractivity contribution in [2.75, 3.05) is 13.2 Å². The summed E-state index contributed by atoms with van der Waals surface area (Å²) in [4.78, 5) is 23.9. The van der Waals surface area contributed by atoms with E-state index in [9.17, 15) is 9.59 Å². The molecule has 0 aliphatic carbocycles. The van der Waals surface area contributed by atoms with Crippen LogP contribution in [-0.2, 0) is 20.9 Å². The molecule has 0 saturated heterocycles. The normalized spacial score (nSPS) is 14.4. The summed E-state index contributed by atoms with van der Waals surface area (Å²) in [5.41, 5.74) is 0.770. The van der Waals surface area contributed by atoms with E-state index in [2.05, 4.69) is 5.32 Å². The number of carbonyl (C=O) groups excluding carboxylic acids is 2. The van der Waals surface area contributed by atoms with E-state index >= 15 is 0 Å². The van der Waals surface area contributed by atoms with E-state index in [0.29, 0.717) is 30.5 Å². The van der Waals surface area contributed by atoms with Crippen LogP contribution in [0.15, 0.2) is 47.1 Å². The van der Waals surface area contributed by atoms with Crippen molar-refractivity contribution in [1.82, 2.24) is 5.32 Å². The molecule has 3 rings (SSSR count). The minimum atomic E-state index is -0.916. The highest BCUT2D eigenvalue weighted by Gasteiger charge is 2.16. The van der Waals surface area contributed by atoms with Gasteiger partial charge in [-0.2, -0.15) is 0 Å². The molecular weight excluding hydrogens is 350 g/mol. The fourth-order valence-electron chi connectivity index (χ4n) is 2.45. The molecule has 2 heterocycles. The van der Waals surface area contributed by atoms with Gasteiger partial charge in [0.2, 0.25) is 0 Å². The van der Waals surface area contributed by atoms with Crippen molar-refractivity contribution < 1.29 is 28.2 Å². The van der Waals surface area contributed by atoms with Gasteiger partial charge in [0.05, 0.1) is 26.0 Å². The SMILES string of the molecule is C[C@H](OC(=O)/C=C/c1ccc2c(c1)OCCCO2)C(=O)NCc1ccco1. The van der Waals surface area contributed by atoms with Gasteiger partial charge in [0.1, 0.15) is 5.76 Å². The van der Waals surface area contributed by atoms with Gasteiger partial charge in [-0.25, -0.2) is 4.79 Å². The molecule has 1 N–H and O–H groups in total. The number of benzene rings is 1. The zero-order valence-corrected chi connectivity index (χ0v) is 15.0. The van der Waals surface area contributed by atoms with Gasteiger partial charge in [0.25, 0.3) is 5.91 Å². The smallest absolute Gasteiger partial charge is 0.331 e. The summed E-state index contributed by atoms with van der Waals surface area (Å²) in [6.45, 7) is 2.96. The molecule has 1 amide bonds. The van der Waals surface area contributed by atoms with Gasteiger partial charge in [0, 0.05) is 12.5 Å². The van der Waals surface area contributed by atoms with Crippen LogP contribution in [0.5, 0.6) is 11.5 Å². The Morgan fingerprint density at radius 2 is 2.04 bits per heavy atom. The van der Waals surface area contributed by atoms with Crippen LogP contribution in [0.3, 0.4) is 0 Å². The highest BCUT2D eigenvalue weighted by Crippen LogP contribution is 2.30. The summed E-state index contributed by atoms with van der Waals surface area (Å²) in [6, 6.07) is 8.89. The number of ether oxygens (including phenoxy) is 3. The minimum absolute atomic E-state index is 0.237. The Morgan fingerprint density at radius 1 is 1.22 bits per heavy atom. The van der Waals surface area contributed by atoms with Crippen molar-refractivity contribution in [3.05, 3.63) is 54.0 Å². The van der Waals surface area contributed by atoms with Crippen LogP contribution in [0, 0.1) is 0 Å². The van der Waals surface area contributed by atoms with Crippen LogP contribution in [0.2, 0.25) is 0 Å². The molecule has 1 aliphatic heterocycles. The number of nitrogens with one attached hydrogen (secondary N) is 1. The first-order chi connectivity index (χ1) is 13.1. The molecule has 7 nitrogen and oxygen atoms in total. The molecule has 0 unspecified atom stereocenters. The summed E-state index contributed by atoms with van der Waals surface area (Å²) in [5.74, 6) is 0.949. The lowest BCUT2D eigenvalue weighted by molar-refractivity contribution is -0.150. The van der Waals surface area contributed by atoms with Gasteiger partial charge in [-0.1, -0.05) is 6.07 Å². The first-order valence-electron chi connectivity index (χ1n) is 8.70. The second kappa shape index (κ2) is 8.93. The molecule has 1 atom stereocenters. The Balaban J connectivity index is 1.50. The van der Waals surface area contributed by atoms with Crippen molar-refractivity contribution >= 4 is 18.0 Å². The molecule has 7 heteroatoms.